The van der Waals surface area contributed by atoms with Crippen molar-refractivity contribution < 1.29 is 4.42 Å². The minimum absolute atomic E-state index is 0.861. The number of anilines is 3. The number of fused-ring (bicyclic) bond motifs is 4. The normalized spacial score (nSPS) is 11.3. The fourth-order valence-electron chi connectivity index (χ4n) is 8.81. The summed E-state index contributed by atoms with van der Waals surface area (Å²) in [6, 6.07) is 84.7. The van der Waals surface area contributed by atoms with Crippen molar-refractivity contribution in [3.05, 3.63) is 237 Å². The third-order valence-electron chi connectivity index (χ3n) is 11.7. The van der Waals surface area contributed by atoms with Gasteiger partial charge in [0.1, 0.15) is 5.58 Å². The SMILES string of the molecule is c1ccc(-c2ccccc2-c2ccc(-c3ccc(N(c4ccc(-c5cccc6cccc(-c7ccccc7)c56)cc4)c4cccc5c4oc4ccccc45)cc3)cc2)cc1. The van der Waals surface area contributed by atoms with Crippen molar-refractivity contribution in [3.8, 4) is 55.6 Å². The van der Waals surface area contributed by atoms with Crippen molar-refractivity contribution in [2.75, 3.05) is 4.90 Å². The third-order valence-corrected chi connectivity index (χ3v) is 11.7. The van der Waals surface area contributed by atoms with Crippen LogP contribution in [0.15, 0.2) is 241 Å². The van der Waals surface area contributed by atoms with Crippen molar-refractivity contribution in [1.29, 1.82) is 0 Å². The van der Waals surface area contributed by atoms with E-state index in [-0.39, 0.29) is 0 Å². The lowest BCUT2D eigenvalue weighted by Gasteiger charge is -2.26. The molecular formula is C58H39NO. The molecule has 0 saturated heterocycles. The Morgan fingerprint density at radius 1 is 0.283 bits per heavy atom. The van der Waals surface area contributed by atoms with Crippen molar-refractivity contribution in [1.82, 2.24) is 0 Å². The highest BCUT2D eigenvalue weighted by molar-refractivity contribution is 6.10. The van der Waals surface area contributed by atoms with Crippen LogP contribution in [-0.4, -0.2) is 0 Å². The molecule has 0 bridgehead atoms. The van der Waals surface area contributed by atoms with E-state index in [1.807, 2.05) is 12.1 Å². The maximum Gasteiger partial charge on any atom is 0.159 e. The lowest BCUT2D eigenvalue weighted by Crippen LogP contribution is -2.10. The van der Waals surface area contributed by atoms with Crippen LogP contribution in [0.3, 0.4) is 0 Å². The Morgan fingerprint density at radius 2 is 0.700 bits per heavy atom. The molecule has 0 N–H and O–H groups in total. The molecule has 2 heteroatoms. The van der Waals surface area contributed by atoms with E-state index in [2.05, 4.69) is 229 Å². The molecule has 0 atom stereocenters. The average molecular weight is 766 g/mol. The number of rotatable bonds is 8. The van der Waals surface area contributed by atoms with Gasteiger partial charge in [-0.2, -0.15) is 0 Å². The van der Waals surface area contributed by atoms with E-state index in [0.29, 0.717) is 0 Å². The monoisotopic (exact) mass is 765 g/mol. The van der Waals surface area contributed by atoms with Crippen molar-refractivity contribution in [3.63, 3.8) is 0 Å². The molecule has 0 amide bonds. The van der Waals surface area contributed by atoms with Crippen LogP contribution in [0.1, 0.15) is 0 Å². The summed E-state index contributed by atoms with van der Waals surface area (Å²) in [5, 5.41) is 4.69. The Kier molecular flexibility index (Phi) is 8.87. The van der Waals surface area contributed by atoms with Gasteiger partial charge in [0.25, 0.3) is 0 Å². The molecule has 0 aliphatic rings. The molecule has 0 radical (unpaired) electrons. The lowest BCUT2D eigenvalue weighted by molar-refractivity contribution is 0.669. The zero-order valence-electron chi connectivity index (χ0n) is 32.9. The van der Waals surface area contributed by atoms with Gasteiger partial charge < -0.3 is 9.32 Å². The van der Waals surface area contributed by atoms with Gasteiger partial charge in [-0.3, -0.25) is 0 Å². The van der Waals surface area contributed by atoms with Gasteiger partial charge in [-0.15, -0.1) is 0 Å². The molecule has 0 aliphatic carbocycles. The highest BCUT2D eigenvalue weighted by atomic mass is 16.3. The minimum Gasteiger partial charge on any atom is -0.454 e. The minimum atomic E-state index is 0.861. The van der Waals surface area contributed by atoms with Crippen LogP contribution >= 0.6 is 0 Å². The Balaban J connectivity index is 0.985. The van der Waals surface area contributed by atoms with Gasteiger partial charge in [0, 0.05) is 22.1 Å². The summed E-state index contributed by atoms with van der Waals surface area (Å²) >= 11 is 0. The molecule has 11 aromatic rings. The van der Waals surface area contributed by atoms with Gasteiger partial charge in [-0.05, 0) is 103 Å². The Hall–Kier alpha value is -7.94. The van der Waals surface area contributed by atoms with Crippen LogP contribution in [0, 0.1) is 0 Å². The van der Waals surface area contributed by atoms with Gasteiger partial charge in [0.15, 0.2) is 5.58 Å². The lowest BCUT2D eigenvalue weighted by atomic mass is 9.91. The number of benzene rings is 10. The molecule has 282 valence electrons. The first-order valence-electron chi connectivity index (χ1n) is 20.5. The first kappa shape index (κ1) is 35.2. The van der Waals surface area contributed by atoms with Gasteiger partial charge in [-0.1, -0.05) is 200 Å². The van der Waals surface area contributed by atoms with E-state index in [1.54, 1.807) is 0 Å². The van der Waals surface area contributed by atoms with E-state index in [0.717, 1.165) is 44.6 Å². The van der Waals surface area contributed by atoms with Crippen LogP contribution < -0.4 is 4.90 Å². The quantitative estimate of drug-likeness (QED) is 0.153. The van der Waals surface area contributed by atoms with E-state index >= 15 is 0 Å². The first-order chi connectivity index (χ1) is 29.8. The molecular weight excluding hydrogens is 727 g/mol. The zero-order chi connectivity index (χ0) is 39.8. The standard InChI is InChI=1S/C58H39NO/c1-3-14-42(15-4-1)49-20-7-8-21-50(49)44-30-28-40(29-31-44)41-32-36-47(37-33-41)59(55-26-13-25-54-53-22-9-10-27-56(53)60-58(54)55)48-38-34-45(35-39-48)52-24-12-19-46-18-11-23-51(57(46)52)43-16-5-2-6-17-43/h1-39H. The van der Waals surface area contributed by atoms with Gasteiger partial charge in [-0.25, -0.2) is 0 Å². The number of nitrogens with zero attached hydrogens (tertiary/aromatic N) is 1. The van der Waals surface area contributed by atoms with Crippen LogP contribution in [0.5, 0.6) is 0 Å². The highest BCUT2D eigenvalue weighted by Gasteiger charge is 2.20. The molecule has 11 rings (SSSR count). The molecule has 2 nitrogen and oxygen atoms in total. The fraction of sp³-hybridized carbons (Fsp3) is 0. The van der Waals surface area contributed by atoms with Gasteiger partial charge in [0.2, 0.25) is 0 Å². The average Bonchev–Trinajstić information content (AvgIpc) is 3.72. The molecule has 0 fully saturated rings. The second-order valence-electron chi connectivity index (χ2n) is 15.2. The highest BCUT2D eigenvalue weighted by Crippen LogP contribution is 2.44. The zero-order valence-corrected chi connectivity index (χ0v) is 32.9. The van der Waals surface area contributed by atoms with E-state index in [1.165, 1.54) is 60.8 Å². The summed E-state index contributed by atoms with van der Waals surface area (Å²) in [6.45, 7) is 0. The Labute approximate surface area is 349 Å². The summed E-state index contributed by atoms with van der Waals surface area (Å²) in [5.41, 5.74) is 16.8. The first-order valence-corrected chi connectivity index (χ1v) is 20.5. The Morgan fingerprint density at radius 3 is 1.32 bits per heavy atom. The number of hydrogen-bond acceptors (Lipinski definition) is 2. The summed E-state index contributed by atoms with van der Waals surface area (Å²) in [5.74, 6) is 0. The molecule has 0 spiro atoms. The second kappa shape index (κ2) is 15.1. The van der Waals surface area contributed by atoms with Crippen LogP contribution in [0.4, 0.5) is 17.1 Å². The number of hydrogen-bond donors (Lipinski definition) is 0. The molecule has 1 heterocycles. The summed E-state index contributed by atoms with van der Waals surface area (Å²) in [6.07, 6.45) is 0. The van der Waals surface area contributed by atoms with Crippen molar-refractivity contribution in [2.24, 2.45) is 0 Å². The molecule has 60 heavy (non-hydrogen) atoms. The Bertz CT molecular complexity index is 3270. The van der Waals surface area contributed by atoms with E-state index in [9.17, 15) is 0 Å². The summed E-state index contributed by atoms with van der Waals surface area (Å²) < 4.78 is 6.64. The largest absolute Gasteiger partial charge is 0.454 e. The van der Waals surface area contributed by atoms with Gasteiger partial charge in [0.05, 0.1) is 5.69 Å². The molecule has 0 unspecified atom stereocenters. The fourth-order valence-corrected chi connectivity index (χ4v) is 8.81. The third kappa shape index (κ3) is 6.32. The maximum absolute atomic E-state index is 6.64. The molecule has 0 aliphatic heterocycles. The maximum atomic E-state index is 6.64. The summed E-state index contributed by atoms with van der Waals surface area (Å²) in [4.78, 5) is 2.32. The van der Waals surface area contributed by atoms with Gasteiger partial charge >= 0.3 is 0 Å². The predicted molar refractivity (Wildman–Crippen MR) is 253 cm³/mol. The van der Waals surface area contributed by atoms with Crippen molar-refractivity contribution in [2.45, 2.75) is 0 Å². The smallest absolute Gasteiger partial charge is 0.159 e. The van der Waals surface area contributed by atoms with Crippen LogP contribution in [0.2, 0.25) is 0 Å². The molecule has 10 aromatic carbocycles. The van der Waals surface area contributed by atoms with E-state index in [4.69, 9.17) is 4.42 Å². The number of para-hydroxylation sites is 2. The summed E-state index contributed by atoms with van der Waals surface area (Å²) in [7, 11) is 0. The topological polar surface area (TPSA) is 16.4 Å². The predicted octanol–water partition coefficient (Wildman–Crippen LogP) is 16.5. The second-order valence-corrected chi connectivity index (χ2v) is 15.2. The number of furan rings is 1. The molecule has 1 aromatic heterocycles. The van der Waals surface area contributed by atoms with E-state index < -0.39 is 0 Å². The van der Waals surface area contributed by atoms with Crippen LogP contribution in [0.25, 0.3) is 88.3 Å². The molecule has 0 saturated carbocycles. The van der Waals surface area contributed by atoms with Crippen molar-refractivity contribution >= 4 is 49.8 Å². The van der Waals surface area contributed by atoms with Crippen LogP contribution in [-0.2, 0) is 0 Å².